The van der Waals surface area contributed by atoms with Crippen LogP contribution in [0.4, 0.5) is 15.8 Å². The molecule has 144 valence electrons. The van der Waals surface area contributed by atoms with Crippen molar-refractivity contribution in [2.45, 2.75) is 20.3 Å². The minimum absolute atomic E-state index is 0.0285. The van der Waals surface area contributed by atoms with Crippen molar-refractivity contribution in [1.29, 1.82) is 0 Å². The van der Waals surface area contributed by atoms with Gasteiger partial charge in [-0.2, -0.15) is 0 Å². The standard InChI is InChI=1S/C19H20ClFN2O4/c1-4-7-27-18-14(20)8-12(9-17(18)26-3)19(25)23-13-5-6-15(21)16(10-13)22-11(2)24/h5-6,8-10H,4,7H2,1-3H3,(H,22,24)(H,23,25). The number of carbonyl (C=O) groups is 2. The zero-order valence-electron chi connectivity index (χ0n) is 15.2. The fraction of sp³-hybridized carbons (Fsp3) is 0.263. The van der Waals surface area contributed by atoms with E-state index in [9.17, 15) is 14.0 Å². The van der Waals surface area contributed by atoms with Crippen LogP contribution >= 0.6 is 11.6 Å². The van der Waals surface area contributed by atoms with E-state index in [-0.39, 0.29) is 16.3 Å². The Bertz CT molecular complexity index is 858. The van der Waals surface area contributed by atoms with Crippen molar-refractivity contribution in [2.75, 3.05) is 24.4 Å². The van der Waals surface area contributed by atoms with Crippen LogP contribution in [0.5, 0.6) is 11.5 Å². The summed E-state index contributed by atoms with van der Waals surface area (Å²) < 4.78 is 24.5. The molecule has 2 aromatic carbocycles. The number of nitrogens with one attached hydrogen (secondary N) is 2. The van der Waals surface area contributed by atoms with Crippen LogP contribution < -0.4 is 20.1 Å². The molecule has 0 saturated carbocycles. The molecule has 0 fully saturated rings. The second kappa shape index (κ2) is 9.23. The number of halogens is 2. The van der Waals surface area contributed by atoms with Gasteiger partial charge in [0, 0.05) is 18.2 Å². The molecule has 2 amide bonds. The van der Waals surface area contributed by atoms with Crippen molar-refractivity contribution in [1.82, 2.24) is 0 Å². The summed E-state index contributed by atoms with van der Waals surface area (Å²) in [6.45, 7) is 3.68. The van der Waals surface area contributed by atoms with Crippen LogP contribution in [-0.2, 0) is 4.79 Å². The second-order valence-electron chi connectivity index (χ2n) is 5.67. The fourth-order valence-corrected chi connectivity index (χ4v) is 2.55. The molecular weight excluding hydrogens is 375 g/mol. The highest BCUT2D eigenvalue weighted by atomic mass is 35.5. The van der Waals surface area contributed by atoms with Crippen LogP contribution in [0.15, 0.2) is 30.3 Å². The molecule has 0 radical (unpaired) electrons. The molecular formula is C19H20ClFN2O4. The number of methoxy groups -OCH3 is 1. The van der Waals surface area contributed by atoms with Crippen molar-refractivity contribution < 1.29 is 23.5 Å². The van der Waals surface area contributed by atoms with Gasteiger partial charge in [-0.05, 0) is 36.8 Å². The molecule has 6 nitrogen and oxygen atoms in total. The minimum atomic E-state index is -0.606. The molecule has 8 heteroatoms. The van der Waals surface area contributed by atoms with E-state index in [1.165, 1.54) is 38.3 Å². The third-order valence-electron chi connectivity index (χ3n) is 3.48. The van der Waals surface area contributed by atoms with E-state index in [2.05, 4.69) is 10.6 Å². The van der Waals surface area contributed by atoms with Crippen molar-refractivity contribution in [2.24, 2.45) is 0 Å². The van der Waals surface area contributed by atoms with Gasteiger partial charge in [0.1, 0.15) is 5.82 Å². The Morgan fingerprint density at radius 1 is 1.19 bits per heavy atom. The van der Waals surface area contributed by atoms with Crippen LogP contribution in [0.25, 0.3) is 0 Å². The SMILES string of the molecule is CCCOc1c(Cl)cc(C(=O)Nc2ccc(F)c(NC(C)=O)c2)cc1OC. The lowest BCUT2D eigenvalue weighted by Gasteiger charge is -2.14. The zero-order valence-corrected chi connectivity index (χ0v) is 15.9. The highest BCUT2D eigenvalue weighted by Crippen LogP contribution is 2.36. The largest absolute Gasteiger partial charge is 0.493 e. The third kappa shape index (κ3) is 5.34. The monoisotopic (exact) mass is 394 g/mol. The topological polar surface area (TPSA) is 76.7 Å². The van der Waals surface area contributed by atoms with Crippen molar-refractivity contribution in [3.05, 3.63) is 46.7 Å². The first kappa shape index (κ1) is 20.5. The number of rotatable bonds is 7. The first-order valence-corrected chi connectivity index (χ1v) is 8.62. The average molecular weight is 395 g/mol. The lowest BCUT2D eigenvalue weighted by atomic mass is 10.1. The van der Waals surface area contributed by atoms with Crippen molar-refractivity contribution in [3.8, 4) is 11.5 Å². The summed E-state index contributed by atoms with van der Waals surface area (Å²) in [7, 11) is 1.45. The first-order chi connectivity index (χ1) is 12.8. The molecule has 0 heterocycles. The Morgan fingerprint density at radius 2 is 1.93 bits per heavy atom. The summed E-state index contributed by atoms with van der Waals surface area (Å²) in [4.78, 5) is 23.7. The molecule has 2 N–H and O–H groups in total. The van der Waals surface area contributed by atoms with Crippen LogP contribution in [0.3, 0.4) is 0 Å². The fourth-order valence-electron chi connectivity index (χ4n) is 2.29. The Hall–Kier alpha value is -2.80. The number of anilines is 2. The molecule has 0 unspecified atom stereocenters. The normalized spacial score (nSPS) is 10.3. The Balaban J connectivity index is 2.25. The van der Waals surface area contributed by atoms with Crippen LogP contribution in [0.2, 0.25) is 5.02 Å². The van der Waals surface area contributed by atoms with Gasteiger partial charge in [0.2, 0.25) is 5.91 Å². The van der Waals surface area contributed by atoms with Gasteiger partial charge in [-0.3, -0.25) is 9.59 Å². The molecule has 0 spiro atoms. The molecule has 0 saturated heterocycles. The van der Waals surface area contributed by atoms with Gasteiger partial charge in [-0.15, -0.1) is 0 Å². The lowest BCUT2D eigenvalue weighted by Crippen LogP contribution is -2.14. The number of ether oxygens (including phenoxy) is 2. The highest BCUT2D eigenvalue weighted by Gasteiger charge is 2.16. The zero-order chi connectivity index (χ0) is 20.0. The smallest absolute Gasteiger partial charge is 0.255 e. The van der Waals surface area contributed by atoms with E-state index >= 15 is 0 Å². The molecule has 0 aromatic heterocycles. The van der Waals surface area contributed by atoms with E-state index in [0.29, 0.717) is 23.8 Å². The Morgan fingerprint density at radius 3 is 2.56 bits per heavy atom. The summed E-state index contributed by atoms with van der Waals surface area (Å²) in [6.07, 6.45) is 0.795. The van der Waals surface area contributed by atoms with Crippen molar-refractivity contribution in [3.63, 3.8) is 0 Å². The maximum Gasteiger partial charge on any atom is 0.255 e. The summed E-state index contributed by atoms with van der Waals surface area (Å²) in [5, 5.41) is 5.23. The van der Waals surface area contributed by atoms with E-state index < -0.39 is 17.6 Å². The maximum atomic E-state index is 13.7. The molecule has 0 aliphatic rings. The number of hydrogen-bond donors (Lipinski definition) is 2. The first-order valence-electron chi connectivity index (χ1n) is 8.24. The second-order valence-corrected chi connectivity index (χ2v) is 6.08. The van der Waals surface area contributed by atoms with E-state index in [0.717, 1.165) is 12.5 Å². The minimum Gasteiger partial charge on any atom is -0.493 e. The summed E-state index contributed by atoms with van der Waals surface area (Å²) >= 11 is 6.22. The van der Waals surface area contributed by atoms with Gasteiger partial charge < -0.3 is 20.1 Å². The molecule has 0 aliphatic carbocycles. The van der Waals surface area contributed by atoms with Gasteiger partial charge in [0.15, 0.2) is 11.5 Å². The molecule has 0 aliphatic heterocycles. The molecule has 27 heavy (non-hydrogen) atoms. The highest BCUT2D eigenvalue weighted by molar-refractivity contribution is 6.32. The predicted molar refractivity (Wildman–Crippen MR) is 102 cm³/mol. The number of carbonyl (C=O) groups excluding carboxylic acids is 2. The summed E-state index contributed by atoms with van der Waals surface area (Å²) in [6, 6.07) is 6.82. The van der Waals surface area contributed by atoms with Crippen LogP contribution in [0.1, 0.15) is 30.6 Å². The molecule has 0 atom stereocenters. The predicted octanol–water partition coefficient (Wildman–Crippen LogP) is 4.49. The Labute approximate surface area is 161 Å². The van der Waals surface area contributed by atoms with E-state index in [1.54, 1.807) is 0 Å². The third-order valence-corrected chi connectivity index (χ3v) is 3.76. The van der Waals surface area contributed by atoms with Gasteiger partial charge in [0.05, 0.1) is 24.4 Å². The lowest BCUT2D eigenvalue weighted by molar-refractivity contribution is -0.114. The van der Waals surface area contributed by atoms with Crippen LogP contribution in [0, 0.1) is 5.82 Å². The van der Waals surface area contributed by atoms with Gasteiger partial charge in [-0.25, -0.2) is 4.39 Å². The molecule has 2 rings (SSSR count). The van der Waals surface area contributed by atoms with Gasteiger partial charge in [-0.1, -0.05) is 18.5 Å². The number of amides is 2. The van der Waals surface area contributed by atoms with Gasteiger partial charge in [0.25, 0.3) is 5.91 Å². The number of benzene rings is 2. The number of hydrogen-bond acceptors (Lipinski definition) is 4. The quantitative estimate of drug-likeness (QED) is 0.725. The summed E-state index contributed by atoms with van der Waals surface area (Å²) in [5.41, 5.74) is 0.525. The van der Waals surface area contributed by atoms with Crippen molar-refractivity contribution >= 4 is 34.8 Å². The van der Waals surface area contributed by atoms with Gasteiger partial charge >= 0.3 is 0 Å². The Kier molecular flexibility index (Phi) is 7.01. The molecule has 0 bridgehead atoms. The summed E-state index contributed by atoms with van der Waals surface area (Å²) in [5.74, 6) is -0.800. The van der Waals surface area contributed by atoms with Crippen LogP contribution in [-0.4, -0.2) is 25.5 Å². The molecule has 2 aromatic rings. The average Bonchev–Trinajstić information content (AvgIpc) is 2.62. The maximum absolute atomic E-state index is 13.7. The van der Waals surface area contributed by atoms with E-state index in [4.69, 9.17) is 21.1 Å². The van der Waals surface area contributed by atoms with E-state index in [1.807, 2.05) is 6.92 Å².